The molecule has 2 N–H and O–H groups in total. The number of amides is 1. The van der Waals surface area contributed by atoms with Crippen molar-refractivity contribution in [3.05, 3.63) is 41.9 Å². The number of carbonyl (C=O) groups excluding carboxylic acids is 1. The summed E-state index contributed by atoms with van der Waals surface area (Å²) in [7, 11) is 0. The molecule has 3 heterocycles. The van der Waals surface area contributed by atoms with E-state index in [-0.39, 0.29) is 12.5 Å². The van der Waals surface area contributed by atoms with Gasteiger partial charge in [0, 0.05) is 38.6 Å². The van der Waals surface area contributed by atoms with Gasteiger partial charge in [-0.15, -0.1) is 0 Å². The van der Waals surface area contributed by atoms with E-state index >= 15 is 0 Å². The number of aromatic nitrogens is 3. The van der Waals surface area contributed by atoms with E-state index in [1.54, 1.807) is 17.1 Å². The molecule has 1 aliphatic rings. The molecular formula is C18H25N5O2. The van der Waals surface area contributed by atoms with E-state index in [0.717, 1.165) is 25.3 Å². The summed E-state index contributed by atoms with van der Waals surface area (Å²) in [5.74, 6) is 0.660. The van der Waals surface area contributed by atoms with Gasteiger partial charge < -0.3 is 15.3 Å². The summed E-state index contributed by atoms with van der Waals surface area (Å²) in [6.07, 6.45) is 5.01. The number of nitrogens with zero attached hydrogens (tertiary/aromatic N) is 4. The second kappa shape index (κ2) is 7.23. The van der Waals surface area contributed by atoms with Crippen LogP contribution in [0.1, 0.15) is 35.8 Å². The summed E-state index contributed by atoms with van der Waals surface area (Å²) < 4.78 is 1.74. The highest BCUT2D eigenvalue weighted by Gasteiger charge is 2.34. The van der Waals surface area contributed by atoms with E-state index in [0.29, 0.717) is 24.2 Å². The maximum absolute atomic E-state index is 12.4. The van der Waals surface area contributed by atoms with Gasteiger partial charge in [0.15, 0.2) is 0 Å². The normalized spacial score (nSPS) is 20.5. The van der Waals surface area contributed by atoms with Gasteiger partial charge in [-0.1, -0.05) is 6.07 Å². The van der Waals surface area contributed by atoms with Crippen LogP contribution in [0.2, 0.25) is 0 Å². The van der Waals surface area contributed by atoms with Crippen LogP contribution in [0.25, 0.3) is 0 Å². The predicted octanol–water partition coefficient (Wildman–Crippen LogP) is 1.37. The van der Waals surface area contributed by atoms with E-state index < -0.39 is 5.60 Å². The molecule has 0 radical (unpaired) electrons. The summed E-state index contributed by atoms with van der Waals surface area (Å²) in [5, 5.41) is 18.1. The van der Waals surface area contributed by atoms with Gasteiger partial charge in [-0.2, -0.15) is 5.10 Å². The first-order chi connectivity index (χ1) is 12.0. The Balaban J connectivity index is 1.63. The molecule has 0 saturated carbocycles. The molecule has 2 aromatic rings. The molecule has 0 bridgehead atoms. The number of anilines is 1. The standard InChI is InChI=1S/C18H25N5O2/c1-3-23-11-15(14(2)21-23)17(24)20-12-18(25)8-6-10-22(13-18)16-7-4-5-9-19-16/h4-5,7,9,11,25H,3,6,8,10,12-13H2,1-2H3,(H,20,24). The van der Waals surface area contributed by atoms with Crippen LogP contribution in [-0.4, -0.2) is 51.0 Å². The zero-order valence-corrected chi connectivity index (χ0v) is 14.8. The van der Waals surface area contributed by atoms with Crippen LogP contribution in [0.4, 0.5) is 5.82 Å². The zero-order valence-electron chi connectivity index (χ0n) is 14.8. The number of β-amino-alcohol motifs (C(OH)–C–C–N with tert-alkyl or cyclic N) is 1. The Hall–Kier alpha value is -2.41. The third-order valence-corrected chi connectivity index (χ3v) is 4.62. The van der Waals surface area contributed by atoms with Gasteiger partial charge in [0.05, 0.1) is 16.9 Å². The highest BCUT2D eigenvalue weighted by atomic mass is 16.3. The number of hydrogen-bond donors (Lipinski definition) is 2. The third kappa shape index (κ3) is 3.99. The minimum Gasteiger partial charge on any atom is -0.386 e. The smallest absolute Gasteiger partial charge is 0.254 e. The highest BCUT2D eigenvalue weighted by Crippen LogP contribution is 2.24. The largest absolute Gasteiger partial charge is 0.386 e. The summed E-state index contributed by atoms with van der Waals surface area (Å²) in [4.78, 5) is 18.8. The first-order valence-corrected chi connectivity index (χ1v) is 8.71. The fourth-order valence-corrected chi connectivity index (χ4v) is 3.24. The van der Waals surface area contributed by atoms with E-state index in [1.165, 1.54) is 0 Å². The van der Waals surface area contributed by atoms with Crippen molar-refractivity contribution in [3.8, 4) is 0 Å². The minimum absolute atomic E-state index is 0.194. The van der Waals surface area contributed by atoms with Crippen LogP contribution in [-0.2, 0) is 6.54 Å². The first-order valence-electron chi connectivity index (χ1n) is 8.71. The van der Waals surface area contributed by atoms with E-state index in [2.05, 4.69) is 20.3 Å². The van der Waals surface area contributed by atoms with E-state index in [1.807, 2.05) is 32.0 Å². The van der Waals surface area contributed by atoms with Crippen LogP contribution in [0.3, 0.4) is 0 Å². The average molecular weight is 343 g/mol. The minimum atomic E-state index is -0.958. The third-order valence-electron chi connectivity index (χ3n) is 4.62. The number of carbonyl (C=O) groups is 1. The van der Waals surface area contributed by atoms with E-state index in [9.17, 15) is 9.90 Å². The molecule has 1 saturated heterocycles. The molecule has 7 nitrogen and oxygen atoms in total. The molecule has 134 valence electrons. The second-order valence-corrected chi connectivity index (χ2v) is 6.60. The Kier molecular flexibility index (Phi) is 5.03. The predicted molar refractivity (Wildman–Crippen MR) is 95.6 cm³/mol. The van der Waals surface area contributed by atoms with Crippen molar-refractivity contribution in [2.24, 2.45) is 0 Å². The molecule has 25 heavy (non-hydrogen) atoms. The van der Waals surface area contributed by atoms with Crippen molar-refractivity contribution in [3.63, 3.8) is 0 Å². The Labute approximate surface area is 147 Å². The van der Waals surface area contributed by atoms with Crippen molar-refractivity contribution < 1.29 is 9.90 Å². The lowest BCUT2D eigenvalue weighted by atomic mass is 9.92. The van der Waals surface area contributed by atoms with Crippen molar-refractivity contribution >= 4 is 11.7 Å². The van der Waals surface area contributed by atoms with Gasteiger partial charge in [0.1, 0.15) is 5.82 Å². The Bertz CT molecular complexity index is 730. The summed E-state index contributed by atoms with van der Waals surface area (Å²) >= 11 is 0. The number of hydrogen-bond acceptors (Lipinski definition) is 5. The number of aryl methyl sites for hydroxylation is 2. The summed E-state index contributed by atoms with van der Waals surface area (Å²) in [6, 6.07) is 5.75. The van der Waals surface area contributed by atoms with Crippen LogP contribution in [0.15, 0.2) is 30.6 Å². The maximum atomic E-state index is 12.4. The van der Waals surface area contributed by atoms with Gasteiger partial charge in [0.25, 0.3) is 5.91 Å². The average Bonchev–Trinajstić information content (AvgIpc) is 3.02. The number of nitrogens with one attached hydrogen (secondary N) is 1. The van der Waals surface area contributed by atoms with Gasteiger partial charge in [-0.05, 0) is 38.8 Å². The van der Waals surface area contributed by atoms with Crippen molar-refractivity contribution in [2.45, 2.75) is 38.8 Å². The zero-order chi connectivity index (χ0) is 17.9. The molecule has 2 aromatic heterocycles. The van der Waals surface area contributed by atoms with Crippen LogP contribution in [0.5, 0.6) is 0 Å². The number of rotatable bonds is 5. The van der Waals surface area contributed by atoms with Gasteiger partial charge in [0.2, 0.25) is 0 Å². The Morgan fingerprint density at radius 2 is 2.28 bits per heavy atom. The molecule has 0 aliphatic carbocycles. The lowest BCUT2D eigenvalue weighted by Gasteiger charge is -2.39. The second-order valence-electron chi connectivity index (χ2n) is 6.60. The van der Waals surface area contributed by atoms with Gasteiger partial charge >= 0.3 is 0 Å². The number of aliphatic hydroxyl groups is 1. The van der Waals surface area contributed by atoms with Crippen molar-refractivity contribution in [1.82, 2.24) is 20.1 Å². The molecule has 0 aromatic carbocycles. The van der Waals surface area contributed by atoms with Crippen molar-refractivity contribution in [1.29, 1.82) is 0 Å². The molecule has 1 unspecified atom stereocenters. The van der Waals surface area contributed by atoms with E-state index in [4.69, 9.17) is 0 Å². The first kappa shape index (κ1) is 17.4. The molecule has 1 amide bonds. The fourth-order valence-electron chi connectivity index (χ4n) is 3.24. The molecule has 1 atom stereocenters. The Morgan fingerprint density at radius 1 is 1.44 bits per heavy atom. The number of piperidine rings is 1. The SMILES string of the molecule is CCn1cc(C(=O)NCC2(O)CCCN(c3ccccn3)C2)c(C)n1. The van der Waals surface area contributed by atoms with Gasteiger partial charge in [-0.3, -0.25) is 9.48 Å². The number of pyridine rings is 1. The molecule has 1 aliphatic heterocycles. The van der Waals surface area contributed by atoms with Crippen LogP contribution in [0, 0.1) is 6.92 Å². The van der Waals surface area contributed by atoms with Crippen LogP contribution < -0.4 is 10.2 Å². The Morgan fingerprint density at radius 3 is 2.96 bits per heavy atom. The maximum Gasteiger partial charge on any atom is 0.254 e. The van der Waals surface area contributed by atoms with Crippen LogP contribution >= 0.6 is 0 Å². The fraction of sp³-hybridized carbons (Fsp3) is 0.500. The van der Waals surface area contributed by atoms with Crippen molar-refractivity contribution in [2.75, 3.05) is 24.5 Å². The lowest BCUT2D eigenvalue weighted by molar-refractivity contribution is 0.0254. The molecule has 0 spiro atoms. The molecule has 7 heteroatoms. The van der Waals surface area contributed by atoms with Gasteiger partial charge in [-0.25, -0.2) is 4.98 Å². The topological polar surface area (TPSA) is 83.3 Å². The summed E-state index contributed by atoms with van der Waals surface area (Å²) in [5.41, 5.74) is 0.299. The molecule has 1 fully saturated rings. The highest BCUT2D eigenvalue weighted by molar-refractivity contribution is 5.95. The monoisotopic (exact) mass is 343 g/mol. The quantitative estimate of drug-likeness (QED) is 0.857. The molecular weight excluding hydrogens is 318 g/mol. The molecule has 3 rings (SSSR count). The lowest BCUT2D eigenvalue weighted by Crippen LogP contribution is -2.54. The summed E-state index contributed by atoms with van der Waals surface area (Å²) in [6.45, 7) is 6.04.